The van der Waals surface area contributed by atoms with Crippen molar-refractivity contribution in [1.82, 2.24) is 0 Å². The molecule has 0 fully saturated rings. The van der Waals surface area contributed by atoms with Crippen molar-refractivity contribution in [2.75, 3.05) is 0 Å². The van der Waals surface area contributed by atoms with E-state index in [4.69, 9.17) is 0 Å². The Labute approximate surface area is 125 Å². The van der Waals surface area contributed by atoms with Gasteiger partial charge in [-0.2, -0.15) is 26.3 Å². The van der Waals surface area contributed by atoms with Crippen LogP contribution in [0.1, 0.15) is 0 Å². The third-order valence-corrected chi connectivity index (χ3v) is 2.89. The van der Waals surface area contributed by atoms with Crippen LogP contribution in [0.5, 0.6) is 0 Å². The Kier molecular flexibility index (Phi) is 5.72. The van der Waals surface area contributed by atoms with Gasteiger partial charge in [-0.15, -0.1) is 0 Å². The van der Waals surface area contributed by atoms with E-state index in [1.807, 2.05) is 0 Å². The first-order valence-electron chi connectivity index (χ1n) is 3.87. The minimum atomic E-state index is -5.55. The molecule has 14 heteroatoms. The molecule has 0 heterocycles. The third kappa shape index (κ3) is 4.09. The Morgan fingerprint density at radius 3 is 1.00 bits per heavy atom. The molecular formula is C6Cl4F6O4. The summed E-state index contributed by atoms with van der Waals surface area (Å²) in [5, 5.41) is 0. The number of hydrogen-bond donors (Lipinski definition) is 0. The summed E-state index contributed by atoms with van der Waals surface area (Å²) in [7, 11) is 0. The van der Waals surface area contributed by atoms with Crippen LogP contribution in [0.15, 0.2) is 0 Å². The van der Waals surface area contributed by atoms with Crippen molar-refractivity contribution in [3.8, 4) is 0 Å². The van der Waals surface area contributed by atoms with E-state index in [1.165, 1.54) is 0 Å². The van der Waals surface area contributed by atoms with E-state index >= 15 is 0 Å². The second kappa shape index (κ2) is 5.82. The van der Waals surface area contributed by atoms with Gasteiger partial charge in [0.25, 0.3) is 0 Å². The highest BCUT2D eigenvalue weighted by Gasteiger charge is 2.63. The van der Waals surface area contributed by atoms with Crippen LogP contribution in [-0.4, -0.2) is 33.0 Å². The molecule has 0 unspecified atom stereocenters. The molecule has 0 radical (unpaired) electrons. The summed E-state index contributed by atoms with van der Waals surface area (Å²) in [6, 6.07) is 0. The number of rotatable bonds is 2. The molecule has 0 N–H and O–H groups in total. The van der Waals surface area contributed by atoms with Gasteiger partial charge in [0, 0.05) is 0 Å². The fourth-order valence-electron chi connectivity index (χ4n) is 0.412. The molecule has 0 bridgehead atoms. The van der Waals surface area contributed by atoms with Gasteiger partial charge in [0.05, 0.1) is 0 Å². The molecule has 0 aromatic rings. The monoisotopic (exact) mass is 390 g/mol. The van der Waals surface area contributed by atoms with Gasteiger partial charge in [-0.25, -0.2) is 19.4 Å². The molecule has 0 aliphatic heterocycles. The molecule has 20 heavy (non-hydrogen) atoms. The van der Waals surface area contributed by atoms with Crippen LogP contribution in [0.3, 0.4) is 0 Å². The summed E-state index contributed by atoms with van der Waals surface area (Å²) in [6.45, 7) is 0. The van der Waals surface area contributed by atoms with Gasteiger partial charge in [0.1, 0.15) is 0 Å². The number of carbonyl (C=O) groups is 2. The van der Waals surface area contributed by atoms with Gasteiger partial charge in [0.2, 0.25) is 0 Å². The molecular weight excluding hydrogens is 392 g/mol. The van der Waals surface area contributed by atoms with Crippen molar-refractivity contribution in [3.63, 3.8) is 0 Å². The largest absolute Gasteiger partial charge is 0.432 e. The fourth-order valence-corrected chi connectivity index (χ4v) is 0.538. The van der Waals surface area contributed by atoms with Gasteiger partial charge in [0.15, 0.2) is 0 Å². The van der Waals surface area contributed by atoms with E-state index in [1.54, 1.807) is 0 Å². The Bertz CT molecular complexity index is 365. The van der Waals surface area contributed by atoms with Gasteiger partial charge in [-0.3, -0.25) is 0 Å². The van der Waals surface area contributed by atoms with Crippen LogP contribution in [-0.2, 0) is 19.4 Å². The second-order valence-electron chi connectivity index (χ2n) is 2.89. The van der Waals surface area contributed by atoms with Crippen molar-refractivity contribution in [2.24, 2.45) is 0 Å². The van der Waals surface area contributed by atoms with Crippen LogP contribution in [0.4, 0.5) is 26.3 Å². The maximum Gasteiger partial charge on any atom is 0.432 e. The number of halogens is 10. The average molecular weight is 392 g/mol. The normalized spacial score (nSPS) is 13.9. The van der Waals surface area contributed by atoms with Crippen LogP contribution >= 0.6 is 46.4 Å². The molecule has 0 saturated heterocycles. The molecule has 0 atom stereocenters. The predicted octanol–water partition coefficient (Wildman–Crippen LogP) is 3.46. The van der Waals surface area contributed by atoms with Gasteiger partial charge >= 0.3 is 33.0 Å². The van der Waals surface area contributed by atoms with Crippen molar-refractivity contribution in [2.45, 2.75) is 21.0 Å². The van der Waals surface area contributed by atoms with Crippen LogP contribution < -0.4 is 0 Å². The Balaban J connectivity index is 4.83. The van der Waals surface area contributed by atoms with E-state index < -0.39 is 33.0 Å². The highest BCUT2D eigenvalue weighted by atomic mass is 35.5. The Morgan fingerprint density at radius 1 is 0.650 bits per heavy atom. The molecule has 0 aromatic carbocycles. The highest BCUT2D eigenvalue weighted by molar-refractivity contribution is 6.59. The Hall–Kier alpha value is -0.320. The third-order valence-electron chi connectivity index (χ3n) is 1.42. The van der Waals surface area contributed by atoms with Gasteiger partial charge in [-0.05, 0) is 0 Å². The van der Waals surface area contributed by atoms with E-state index in [0.717, 1.165) is 0 Å². The first-order valence-corrected chi connectivity index (χ1v) is 5.38. The van der Waals surface area contributed by atoms with Gasteiger partial charge < -0.3 is 0 Å². The highest BCUT2D eigenvalue weighted by Crippen LogP contribution is 2.42. The molecule has 0 aromatic heterocycles. The first kappa shape index (κ1) is 19.7. The molecule has 4 nitrogen and oxygen atoms in total. The van der Waals surface area contributed by atoms with Gasteiger partial charge in [-0.1, -0.05) is 46.4 Å². The molecule has 118 valence electrons. The first-order chi connectivity index (χ1) is 8.55. The zero-order valence-electron chi connectivity index (χ0n) is 8.41. The maximum absolute atomic E-state index is 12.1. The van der Waals surface area contributed by atoms with E-state index in [0.29, 0.717) is 0 Å². The lowest BCUT2D eigenvalue weighted by atomic mass is 10.4. The predicted molar refractivity (Wildman–Crippen MR) is 53.2 cm³/mol. The maximum atomic E-state index is 12.1. The van der Waals surface area contributed by atoms with Crippen molar-refractivity contribution < 1.29 is 45.7 Å². The molecule has 0 spiro atoms. The SMILES string of the molecule is O=C(OOC(=O)C(Cl)(Cl)C(F)(F)F)C(Cl)(Cl)C(F)(F)F. The smallest absolute Gasteiger partial charge is 0.243 e. The summed E-state index contributed by atoms with van der Waals surface area (Å²) in [5.41, 5.74) is 0. The van der Waals surface area contributed by atoms with Crippen LogP contribution in [0.2, 0.25) is 0 Å². The molecule has 0 saturated carbocycles. The summed E-state index contributed by atoms with van der Waals surface area (Å²) >= 11 is 18.1. The van der Waals surface area contributed by atoms with Crippen LogP contribution in [0.25, 0.3) is 0 Å². The summed E-state index contributed by atoms with van der Waals surface area (Å²) in [6.07, 6.45) is -11.1. The lowest BCUT2D eigenvalue weighted by Crippen LogP contribution is -2.46. The average Bonchev–Trinajstić information content (AvgIpc) is 2.21. The Morgan fingerprint density at radius 2 is 0.850 bits per heavy atom. The summed E-state index contributed by atoms with van der Waals surface area (Å²) in [5.74, 6) is -5.24. The zero-order chi connectivity index (χ0) is 16.6. The second-order valence-corrected chi connectivity index (χ2v) is 5.54. The van der Waals surface area contributed by atoms with E-state index in [-0.39, 0.29) is 0 Å². The van der Waals surface area contributed by atoms with Crippen LogP contribution in [0, 0.1) is 0 Å². The molecule has 0 rings (SSSR count). The van der Waals surface area contributed by atoms with Crippen molar-refractivity contribution in [1.29, 1.82) is 0 Å². The molecule has 0 aliphatic carbocycles. The zero-order valence-corrected chi connectivity index (χ0v) is 11.4. The van der Waals surface area contributed by atoms with E-state index in [9.17, 15) is 35.9 Å². The molecule has 0 amide bonds. The fraction of sp³-hybridized carbons (Fsp3) is 0.667. The number of alkyl halides is 10. The summed E-state index contributed by atoms with van der Waals surface area (Å²) < 4.78 is 64.2. The minimum Gasteiger partial charge on any atom is -0.243 e. The lowest BCUT2D eigenvalue weighted by Gasteiger charge is -2.21. The minimum absolute atomic E-state index is 2.62. The lowest BCUT2D eigenvalue weighted by molar-refractivity contribution is -0.274. The number of hydrogen-bond acceptors (Lipinski definition) is 4. The molecule has 0 aliphatic rings. The topological polar surface area (TPSA) is 52.6 Å². The van der Waals surface area contributed by atoms with Crippen molar-refractivity contribution >= 4 is 58.3 Å². The standard InChI is InChI=1S/C6Cl4F6O4/c7-3(8,5(11,12)13)1(17)19-20-2(18)4(9,10)6(14,15)16. The van der Waals surface area contributed by atoms with E-state index in [2.05, 4.69) is 56.2 Å². The quantitative estimate of drug-likeness (QED) is 0.313. The number of carbonyl (C=O) groups excluding carboxylic acids is 2. The summed E-state index contributed by atoms with van der Waals surface area (Å²) in [4.78, 5) is 27.8. The van der Waals surface area contributed by atoms with Crippen molar-refractivity contribution in [3.05, 3.63) is 0 Å².